The second-order valence-corrected chi connectivity index (χ2v) is 4.81. The number of nitrogens with two attached hydrogens (primary N) is 1. The Hall–Kier alpha value is -1.62. The van der Waals surface area contributed by atoms with Gasteiger partial charge >= 0.3 is 0 Å². The van der Waals surface area contributed by atoms with E-state index in [0.717, 1.165) is 25.9 Å². The van der Waals surface area contributed by atoms with Crippen LogP contribution in [0.1, 0.15) is 30.1 Å². The van der Waals surface area contributed by atoms with Crippen LogP contribution in [0.2, 0.25) is 0 Å². The molecule has 1 aliphatic rings. The van der Waals surface area contributed by atoms with E-state index < -0.39 is 5.82 Å². The Labute approximate surface area is 106 Å². The zero-order valence-electron chi connectivity index (χ0n) is 10.4. The molecule has 0 bridgehead atoms. The third-order valence-corrected chi connectivity index (χ3v) is 3.33. The Bertz CT molecular complexity index is 450. The van der Waals surface area contributed by atoms with Crippen LogP contribution in [0.4, 0.5) is 10.1 Å². The van der Waals surface area contributed by atoms with E-state index in [9.17, 15) is 9.18 Å². The first kappa shape index (κ1) is 12.8. The van der Waals surface area contributed by atoms with Crippen LogP contribution in [0, 0.1) is 11.7 Å². The van der Waals surface area contributed by atoms with Gasteiger partial charge in [-0.15, -0.1) is 0 Å². The van der Waals surface area contributed by atoms with E-state index in [1.165, 1.54) is 12.1 Å². The van der Waals surface area contributed by atoms with Crippen molar-refractivity contribution in [1.29, 1.82) is 0 Å². The molecular weight excluding hydrogens is 233 g/mol. The van der Waals surface area contributed by atoms with Crippen LogP contribution < -0.4 is 11.3 Å². The number of piperidine rings is 1. The number of hydrazine groups is 1. The number of amides is 1. The van der Waals surface area contributed by atoms with Gasteiger partial charge < -0.3 is 10.3 Å². The van der Waals surface area contributed by atoms with Crippen molar-refractivity contribution in [2.45, 2.75) is 19.8 Å². The maximum Gasteiger partial charge on any atom is 0.256 e. The summed E-state index contributed by atoms with van der Waals surface area (Å²) in [7, 11) is 0. The predicted octanol–water partition coefficient (Wildman–Crippen LogP) is 1.98. The first-order valence-corrected chi connectivity index (χ1v) is 6.18. The molecule has 4 nitrogen and oxygen atoms in total. The molecule has 1 atom stereocenters. The van der Waals surface area contributed by atoms with Crippen molar-refractivity contribution in [3.05, 3.63) is 29.6 Å². The molecule has 1 aliphatic heterocycles. The van der Waals surface area contributed by atoms with E-state index in [2.05, 4.69) is 12.3 Å². The number of nitrogen functional groups attached to an aromatic ring is 1. The highest BCUT2D eigenvalue weighted by Gasteiger charge is 2.24. The minimum absolute atomic E-state index is 0.0701. The van der Waals surface area contributed by atoms with E-state index >= 15 is 0 Å². The Morgan fingerprint density at radius 3 is 3.00 bits per heavy atom. The lowest BCUT2D eigenvalue weighted by atomic mass is 9.99. The number of para-hydroxylation sites is 1. The molecule has 0 spiro atoms. The SMILES string of the molecule is CC1CCCN(C(=O)c2cccc(F)c2NN)C1. The van der Waals surface area contributed by atoms with Crippen molar-refractivity contribution in [2.75, 3.05) is 18.5 Å². The van der Waals surface area contributed by atoms with Crippen molar-refractivity contribution in [1.82, 2.24) is 4.90 Å². The molecule has 1 aromatic rings. The third kappa shape index (κ3) is 2.46. The van der Waals surface area contributed by atoms with E-state index in [0.29, 0.717) is 11.5 Å². The third-order valence-electron chi connectivity index (χ3n) is 3.33. The molecule has 0 saturated carbocycles. The zero-order valence-corrected chi connectivity index (χ0v) is 10.4. The first-order chi connectivity index (χ1) is 8.63. The van der Waals surface area contributed by atoms with Gasteiger partial charge in [0, 0.05) is 13.1 Å². The summed E-state index contributed by atoms with van der Waals surface area (Å²) < 4.78 is 13.5. The summed E-state index contributed by atoms with van der Waals surface area (Å²) in [5.74, 6) is 5.11. The van der Waals surface area contributed by atoms with Crippen LogP contribution in [0.3, 0.4) is 0 Å². The largest absolute Gasteiger partial charge is 0.338 e. The van der Waals surface area contributed by atoms with Gasteiger partial charge in [-0.25, -0.2) is 4.39 Å². The second kappa shape index (κ2) is 5.35. The van der Waals surface area contributed by atoms with Crippen LogP contribution in [0.15, 0.2) is 18.2 Å². The monoisotopic (exact) mass is 251 g/mol. The lowest BCUT2D eigenvalue weighted by Gasteiger charge is -2.31. The molecule has 3 N–H and O–H groups in total. The smallest absolute Gasteiger partial charge is 0.256 e. The van der Waals surface area contributed by atoms with Crippen molar-refractivity contribution in [2.24, 2.45) is 11.8 Å². The van der Waals surface area contributed by atoms with Crippen LogP contribution in [-0.2, 0) is 0 Å². The van der Waals surface area contributed by atoms with Gasteiger partial charge in [-0.1, -0.05) is 13.0 Å². The summed E-state index contributed by atoms with van der Waals surface area (Å²) >= 11 is 0. The molecule has 1 saturated heterocycles. The summed E-state index contributed by atoms with van der Waals surface area (Å²) in [6.07, 6.45) is 2.13. The zero-order chi connectivity index (χ0) is 13.1. The Kier molecular flexibility index (Phi) is 3.81. The summed E-state index contributed by atoms with van der Waals surface area (Å²) in [6, 6.07) is 4.40. The quantitative estimate of drug-likeness (QED) is 0.624. The summed E-state index contributed by atoms with van der Waals surface area (Å²) in [6.45, 7) is 3.57. The van der Waals surface area contributed by atoms with Crippen LogP contribution >= 0.6 is 0 Å². The van der Waals surface area contributed by atoms with Gasteiger partial charge in [0.1, 0.15) is 5.82 Å². The second-order valence-electron chi connectivity index (χ2n) is 4.81. The van der Waals surface area contributed by atoms with Crippen molar-refractivity contribution >= 4 is 11.6 Å². The summed E-state index contributed by atoms with van der Waals surface area (Å²) in [5, 5.41) is 0. The number of likely N-dealkylation sites (tertiary alicyclic amines) is 1. The van der Waals surface area contributed by atoms with Crippen LogP contribution in [0.25, 0.3) is 0 Å². The average molecular weight is 251 g/mol. The topological polar surface area (TPSA) is 58.4 Å². The highest BCUT2D eigenvalue weighted by atomic mass is 19.1. The molecule has 2 rings (SSSR count). The first-order valence-electron chi connectivity index (χ1n) is 6.18. The number of nitrogens with one attached hydrogen (secondary N) is 1. The van der Waals surface area contributed by atoms with E-state index in [1.807, 2.05) is 0 Å². The van der Waals surface area contributed by atoms with Crippen molar-refractivity contribution in [3.63, 3.8) is 0 Å². The fourth-order valence-corrected chi connectivity index (χ4v) is 2.39. The molecule has 1 amide bonds. The molecule has 1 aromatic carbocycles. The molecule has 0 aliphatic carbocycles. The average Bonchev–Trinajstić information content (AvgIpc) is 2.37. The molecular formula is C13H18FN3O. The van der Waals surface area contributed by atoms with E-state index in [1.54, 1.807) is 11.0 Å². The van der Waals surface area contributed by atoms with Gasteiger partial charge in [-0.2, -0.15) is 0 Å². The van der Waals surface area contributed by atoms with Crippen LogP contribution in [-0.4, -0.2) is 23.9 Å². The number of hydrogen-bond acceptors (Lipinski definition) is 3. The number of rotatable bonds is 2. The predicted molar refractivity (Wildman–Crippen MR) is 68.5 cm³/mol. The maximum atomic E-state index is 13.5. The van der Waals surface area contributed by atoms with Gasteiger partial charge in [0.05, 0.1) is 11.3 Å². The number of carbonyl (C=O) groups excluding carboxylic acids is 1. The lowest BCUT2D eigenvalue weighted by Crippen LogP contribution is -2.39. The van der Waals surface area contributed by atoms with Gasteiger partial charge in [0.2, 0.25) is 0 Å². The normalized spacial score (nSPS) is 19.7. The molecule has 0 aromatic heterocycles. The standard InChI is InChI=1S/C13H18FN3O/c1-9-4-3-7-17(8-9)13(18)10-5-2-6-11(14)12(10)16-15/h2,5-6,9,16H,3-4,7-8,15H2,1H3. The molecule has 5 heteroatoms. The Morgan fingerprint density at radius 1 is 1.56 bits per heavy atom. The molecule has 98 valence electrons. The number of halogens is 1. The van der Waals surface area contributed by atoms with E-state index in [4.69, 9.17) is 5.84 Å². The summed E-state index contributed by atoms with van der Waals surface area (Å²) in [4.78, 5) is 14.1. The fourth-order valence-electron chi connectivity index (χ4n) is 2.39. The molecule has 18 heavy (non-hydrogen) atoms. The molecule has 1 unspecified atom stereocenters. The number of hydrogen-bond donors (Lipinski definition) is 2. The van der Waals surface area contributed by atoms with E-state index in [-0.39, 0.29) is 11.6 Å². The highest BCUT2D eigenvalue weighted by molar-refractivity contribution is 5.99. The van der Waals surface area contributed by atoms with Gasteiger partial charge in [-0.3, -0.25) is 10.6 Å². The van der Waals surface area contributed by atoms with Crippen molar-refractivity contribution in [3.8, 4) is 0 Å². The molecule has 1 fully saturated rings. The van der Waals surface area contributed by atoms with Gasteiger partial charge in [-0.05, 0) is 30.9 Å². The van der Waals surface area contributed by atoms with Crippen molar-refractivity contribution < 1.29 is 9.18 Å². The minimum Gasteiger partial charge on any atom is -0.338 e. The number of carbonyl (C=O) groups is 1. The molecule has 1 heterocycles. The van der Waals surface area contributed by atoms with Gasteiger partial charge in [0.25, 0.3) is 5.91 Å². The lowest BCUT2D eigenvalue weighted by molar-refractivity contribution is 0.0683. The van der Waals surface area contributed by atoms with Gasteiger partial charge in [0.15, 0.2) is 0 Å². The number of nitrogens with zero attached hydrogens (tertiary/aromatic N) is 1. The number of anilines is 1. The summed E-state index contributed by atoms with van der Waals surface area (Å²) in [5.41, 5.74) is 2.64. The van der Waals surface area contributed by atoms with Crippen LogP contribution in [0.5, 0.6) is 0 Å². The molecule has 0 radical (unpaired) electrons. The Balaban J connectivity index is 2.25. The minimum atomic E-state index is -0.506. The fraction of sp³-hybridized carbons (Fsp3) is 0.462. The maximum absolute atomic E-state index is 13.5. The highest BCUT2D eigenvalue weighted by Crippen LogP contribution is 2.23. The number of benzene rings is 1. The Morgan fingerprint density at radius 2 is 2.33 bits per heavy atom.